The molecule has 3 atom stereocenters. The fourth-order valence-corrected chi connectivity index (χ4v) is 6.76. The quantitative estimate of drug-likeness (QED) is 0.0273. The first-order valence-corrected chi connectivity index (χ1v) is 26.8. The highest BCUT2D eigenvalue weighted by molar-refractivity contribution is 7.45. The average molecular weight is 945 g/mol. The van der Waals surface area contributed by atoms with Crippen molar-refractivity contribution in [2.75, 3.05) is 40.9 Å². The van der Waals surface area contributed by atoms with E-state index >= 15 is 0 Å². The van der Waals surface area contributed by atoms with Gasteiger partial charge in [-0.25, -0.2) is 0 Å². The van der Waals surface area contributed by atoms with Gasteiger partial charge in [0.2, 0.25) is 5.91 Å². The Morgan fingerprint density at radius 2 is 0.881 bits per heavy atom. The van der Waals surface area contributed by atoms with Crippen LogP contribution in [0.4, 0.5) is 0 Å². The van der Waals surface area contributed by atoms with Crippen LogP contribution in [0.1, 0.15) is 149 Å². The lowest BCUT2D eigenvalue weighted by Gasteiger charge is -2.29. The second-order valence-electron chi connectivity index (χ2n) is 17.4. The predicted molar refractivity (Wildman–Crippen MR) is 287 cm³/mol. The number of rotatable bonds is 43. The van der Waals surface area contributed by atoms with Crippen LogP contribution >= 0.6 is 7.82 Å². The number of amides is 1. The topological polar surface area (TPSA) is 108 Å². The number of likely N-dealkylation sites (N-methyl/N-ethyl adjacent to an activating group) is 1. The van der Waals surface area contributed by atoms with Gasteiger partial charge in [-0.1, -0.05) is 185 Å². The molecule has 0 bridgehead atoms. The molecular formula is C58H93N2O6P. The lowest BCUT2D eigenvalue weighted by molar-refractivity contribution is -0.870. The SMILES string of the molecule is CC/C=C\C/C=C\C/C=C\C/C=C\C/C=C\C/C=C\C/C=C\C/C=C\C/C=C\C/C=C\CCCCCCC(=O)NC(COP(=O)([O-])OCC[N+](C)(C)C)C(O)/C=C/CC/C=C/CC/C=C/CC. The normalized spacial score (nSPS) is 15.4. The first-order valence-electron chi connectivity index (χ1n) is 25.3. The first-order chi connectivity index (χ1) is 32.5. The maximum atomic E-state index is 12.9. The summed E-state index contributed by atoms with van der Waals surface area (Å²) in [5.41, 5.74) is 0. The van der Waals surface area contributed by atoms with Crippen LogP contribution in [0.2, 0.25) is 0 Å². The molecule has 8 nitrogen and oxygen atoms in total. The maximum absolute atomic E-state index is 12.9. The van der Waals surface area contributed by atoms with Crippen LogP contribution in [0.25, 0.3) is 0 Å². The lowest BCUT2D eigenvalue weighted by atomic mass is 10.1. The summed E-state index contributed by atoms with van der Waals surface area (Å²) in [7, 11) is 1.18. The fourth-order valence-electron chi connectivity index (χ4n) is 6.04. The van der Waals surface area contributed by atoms with Gasteiger partial charge in [-0.05, 0) is 116 Å². The summed E-state index contributed by atoms with van der Waals surface area (Å²) in [6.07, 6.45) is 74.7. The number of aliphatic hydroxyl groups is 1. The fraction of sp³-hybridized carbons (Fsp3) is 0.534. The number of nitrogens with zero attached hydrogens (tertiary/aromatic N) is 1. The largest absolute Gasteiger partial charge is 0.756 e. The number of unbranched alkanes of at least 4 members (excludes halogenated alkanes) is 6. The van der Waals surface area contributed by atoms with Crippen molar-refractivity contribution in [1.29, 1.82) is 0 Å². The number of phosphoric ester groups is 1. The highest BCUT2D eigenvalue weighted by Crippen LogP contribution is 2.38. The summed E-state index contributed by atoms with van der Waals surface area (Å²) in [5, 5.41) is 13.7. The Balaban J connectivity index is 4.26. The van der Waals surface area contributed by atoms with Gasteiger partial charge < -0.3 is 28.8 Å². The number of aliphatic hydroxyl groups excluding tert-OH is 1. The molecule has 0 saturated heterocycles. The van der Waals surface area contributed by atoms with Gasteiger partial charge in [-0.2, -0.15) is 0 Å². The van der Waals surface area contributed by atoms with E-state index in [-0.39, 0.29) is 18.9 Å². The second-order valence-corrected chi connectivity index (χ2v) is 18.8. The zero-order chi connectivity index (χ0) is 49.2. The molecule has 0 fully saturated rings. The van der Waals surface area contributed by atoms with Gasteiger partial charge in [-0.3, -0.25) is 9.36 Å². The molecule has 67 heavy (non-hydrogen) atoms. The third-order valence-electron chi connectivity index (χ3n) is 9.96. The molecule has 0 heterocycles. The summed E-state index contributed by atoms with van der Waals surface area (Å²) in [4.78, 5) is 25.3. The summed E-state index contributed by atoms with van der Waals surface area (Å²) < 4.78 is 23.1. The monoisotopic (exact) mass is 945 g/mol. The maximum Gasteiger partial charge on any atom is 0.268 e. The highest BCUT2D eigenvalue weighted by Gasteiger charge is 2.23. The summed E-state index contributed by atoms with van der Waals surface area (Å²) >= 11 is 0. The van der Waals surface area contributed by atoms with Crippen molar-refractivity contribution in [2.45, 2.75) is 161 Å². The summed E-state index contributed by atoms with van der Waals surface area (Å²) in [6.45, 7) is 4.31. The van der Waals surface area contributed by atoms with E-state index in [1.807, 2.05) is 27.2 Å². The van der Waals surface area contributed by atoms with Crippen molar-refractivity contribution in [2.24, 2.45) is 0 Å². The molecule has 376 valence electrons. The Bertz CT molecular complexity index is 1640. The molecule has 0 aliphatic heterocycles. The Labute approximate surface area is 410 Å². The molecule has 0 rings (SSSR count). The van der Waals surface area contributed by atoms with Crippen LogP contribution in [0, 0.1) is 0 Å². The zero-order valence-electron chi connectivity index (χ0n) is 42.5. The van der Waals surface area contributed by atoms with Crippen LogP contribution in [0.3, 0.4) is 0 Å². The first kappa shape index (κ1) is 63.1. The van der Waals surface area contributed by atoms with Gasteiger partial charge in [-0.15, -0.1) is 0 Å². The molecule has 0 aromatic rings. The van der Waals surface area contributed by atoms with E-state index in [9.17, 15) is 19.4 Å². The third-order valence-corrected chi connectivity index (χ3v) is 10.9. The van der Waals surface area contributed by atoms with Crippen molar-refractivity contribution in [3.8, 4) is 0 Å². The van der Waals surface area contributed by atoms with Crippen molar-refractivity contribution >= 4 is 13.7 Å². The van der Waals surface area contributed by atoms with Crippen molar-refractivity contribution in [3.63, 3.8) is 0 Å². The number of phosphoric acid groups is 1. The minimum atomic E-state index is -4.62. The number of hydrogen-bond donors (Lipinski definition) is 2. The molecule has 0 aliphatic carbocycles. The van der Waals surface area contributed by atoms with E-state index in [0.717, 1.165) is 116 Å². The minimum absolute atomic E-state index is 0.0242. The van der Waals surface area contributed by atoms with Crippen LogP contribution < -0.4 is 10.2 Å². The Hall–Kier alpha value is -3.88. The van der Waals surface area contributed by atoms with E-state index in [4.69, 9.17) is 9.05 Å². The number of carbonyl (C=O) groups is 1. The van der Waals surface area contributed by atoms with Gasteiger partial charge >= 0.3 is 0 Å². The van der Waals surface area contributed by atoms with Gasteiger partial charge in [0.25, 0.3) is 7.82 Å². The predicted octanol–water partition coefficient (Wildman–Crippen LogP) is 14.5. The molecule has 9 heteroatoms. The van der Waals surface area contributed by atoms with Crippen LogP contribution in [-0.2, 0) is 18.4 Å². The van der Waals surface area contributed by atoms with Crippen LogP contribution in [0.5, 0.6) is 0 Å². The van der Waals surface area contributed by atoms with E-state index in [0.29, 0.717) is 23.9 Å². The van der Waals surface area contributed by atoms with Gasteiger partial charge in [0.05, 0.1) is 39.9 Å². The second kappa shape index (κ2) is 47.2. The minimum Gasteiger partial charge on any atom is -0.756 e. The zero-order valence-corrected chi connectivity index (χ0v) is 43.4. The smallest absolute Gasteiger partial charge is 0.268 e. The molecule has 0 aromatic carbocycles. The number of quaternary nitrogens is 1. The van der Waals surface area contributed by atoms with Crippen molar-refractivity contribution < 1.29 is 32.9 Å². The number of nitrogens with one attached hydrogen (secondary N) is 1. The average Bonchev–Trinajstić information content (AvgIpc) is 3.29. The van der Waals surface area contributed by atoms with Gasteiger partial charge in [0.15, 0.2) is 0 Å². The molecule has 0 aromatic heterocycles. The molecule has 3 unspecified atom stereocenters. The summed E-state index contributed by atoms with van der Waals surface area (Å²) in [5.74, 6) is -0.248. The molecule has 0 spiro atoms. The molecule has 0 aliphatic rings. The highest BCUT2D eigenvalue weighted by atomic mass is 31.2. The Kier molecular flexibility index (Phi) is 44.5. The third kappa shape index (κ3) is 49.8. The molecular weight excluding hydrogens is 852 g/mol. The Morgan fingerprint density at radius 3 is 1.31 bits per heavy atom. The lowest BCUT2D eigenvalue weighted by Crippen LogP contribution is -2.45. The van der Waals surface area contributed by atoms with Crippen LogP contribution in [0.15, 0.2) is 158 Å². The van der Waals surface area contributed by atoms with E-state index in [1.165, 1.54) is 0 Å². The van der Waals surface area contributed by atoms with Crippen molar-refractivity contribution in [1.82, 2.24) is 5.32 Å². The molecule has 1 amide bonds. The number of allylic oxidation sites excluding steroid dienone is 25. The van der Waals surface area contributed by atoms with Gasteiger partial charge in [0.1, 0.15) is 13.2 Å². The van der Waals surface area contributed by atoms with E-state index in [1.54, 1.807) is 6.08 Å². The summed E-state index contributed by atoms with van der Waals surface area (Å²) in [6, 6.07) is -0.934. The van der Waals surface area contributed by atoms with Crippen molar-refractivity contribution in [3.05, 3.63) is 158 Å². The molecule has 0 radical (unpaired) electrons. The standard InChI is InChI=1S/C58H93N2O6P/c1-6-8-10-12-14-16-18-19-20-21-22-23-24-25-26-27-28-29-30-31-32-33-34-35-36-37-38-39-40-41-42-44-46-48-50-52-58(62)59-56(55-66-67(63,64)65-54-53-60(3,4)5)57(61)51-49-47-45-43-17-15-13-11-9-7-2/h8-11,14,16-17,19-20,22-23,25-26,28-29,31-32,34-35,37-38,40-41,43,49,51,56-57,61H,6-7,12-13,15,18,21,24,27,30,33,36,39,42,44-48,50,52-55H2,1-5H3,(H-,59,62,63,64)/b10-8-,11-9+,16-14-,20-19-,23-22-,26-25-,29-28-,32-31-,35-34-,38-37-,41-40-,43-17+,51-49+. The number of hydrogen-bond acceptors (Lipinski definition) is 6. The van der Waals surface area contributed by atoms with E-state index in [2.05, 4.69) is 165 Å². The molecule has 0 saturated carbocycles. The van der Waals surface area contributed by atoms with Gasteiger partial charge in [0, 0.05) is 6.42 Å². The molecule has 2 N–H and O–H groups in total. The van der Waals surface area contributed by atoms with Crippen LogP contribution in [-0.4, -0.2) is 68.5 Å². The van der Waals surface area contributed by atoms with E-state index < -0.39 is 26.6 Å². The Morgan fingerprint density at radius 1 is 0.522 bits per heavy atom. The number of carbonyl (C=O) groups excluding carboxylic acids is 1.